The molecule has 8 nitrogen and oxygen atoms in total. The van der Waals surface area contributed by atoms with Crippen LogP contribution in [0.3, 0.4) is 0 Å². The van der Waals surface area contributed by atoms with E-state index in [2.05, 4.69) is 0 Å². The van der Waals surface area contributed by atoms with Gasteiger partial charge in [-0.1, -0.05) is 12.1 Å². The zero-order valence-electron chi connectivity index (χ0n) is 20.7. The number of methoxy groups -OCH3 is 4. The fourth-order valence-corrected chi connectivity index (χ4v) is 3.80. The first kappa shape index (κ1) is 26.8. The molecule has 2 aromatic carbocycles. The number of benzene rings is 2. The van der Waals surface area contributed by atoms with Gasteiger partial charge in [0.25, 0.3) is 0 Å². The van der Waals surface area contributed by atoms with Crippen molar-refractivity contribution >= 4 is 11.9 Å². The summed E-state index contributed by atoms with van der Waals surface area (Å²) in [5.41, 5.74) is 1.61. The van der Waals surface area contributed by atoms with Gasteiger partial charge in [0.05, 0.1) is 53.5 Å². The maximum Gasteiger partial charge on any atom is 0.310 e. The molecule has 0 aliphatic heterocycles. The third-order valence-corrected chi connectivity index (χ3v) is 5.47. The second kappa shape index (κ2) is 13.3. The molecule has 186 valence electrons. The Kier molecular flexibility index (Phi) is 10.5. The van der Waals surface area contributed by atoms with Gasteiger partial charge in [-0.3, -0.25) is 9.59 Å². The van der Waals surface area contributed by atoms with Crippen LogP contribution in [0.5, 0.6) is 23.0 Å². The summed E-state index contributed by atoms with van der Waals surface area (Å²) < 4.78 is 32.1. The molecule has 0 amide bonds. The van der Waals surface area contributed by atoms with Crippen molar-refractivity contribution in [3.05, 3.63) is 47.5 Å². The molecule has 0 unspecified atom stereocenters. The average molecular weight is 475 g/mol. The number of esters is 2. The van der Waals surface area contributed by atoms with E-state index in [1.807, 2.05) is 12.1 Å². The standard InChI is InChI=1S/C26H34O8/c1-7-33-25(27)19(13-17-9-11-21(29-3)23(15-17)31-5)20(26(28)34-8-2)14-18-10-12-22(30-4)24(16-18)32-6/h9-12,15-16,19-20H,7-8,13-14H2,1-6H3/t19-,20-/m0/s1. The summed E-state index contributed by atoms with van der Waals surface area (Å²) in [6.45, 7) is 3.87. The highest BCUT2D eigenvalue weighted by Gasteiger charge is 2.36. The Labute approximate surface area is 201 Å². The van der Waals surface area contributed by atoms with Gasteiger partial charge >= 0.3 is 11.9 Å². The van der Waals surface area contributed by atoms with Crippen LogP contribution in [0.25, 0.3) is 0 Å². The molecular formula is C26H34O8. The Morgan fingerprint density at radius 3 is 1.26 bits per heavy atom. The minimum Gasteiger partial charge on any atom is -0.493 e. The van der Waals surface area contributed by atoms with E-state index >= 15 is 0 Å². The molecule has 0 aliphatic rings. The SMILES string of the molecule is CCOC(=O)[C@@H](Cc1ccc(OC)c(OC)c1)[C@H](Cc1ccc(OC)c(OC)c1)C(=O)OCC. The molecule has 0 bridgehead atoms. The molecule has 0 fully saturated rings. The van der Waals surface area contributed by atoms with E-state index < -0.39 is 23.8 Å². The highest BCUT2D eigenvalue weighted by molar-refractivity contribution is 5.82. The zero-order chi connectivity index (χ0) is 25.1. The van der Waals surface area contributed by atoms with Crippen LogP contribution >= 0.6 is 0 Å². The van der Waals surface area contributed by atoms with Crippen LogP contribution in [0, 0.1) is 11.8 Å². The lowest BCUT2D eigenvalue weighted by atomic mass is 9.82. The lowest BCUT2D eigenvalue weighted by Gasteiger charge is -2.25. The summed E-state index contributed by atoms with van der Waals surface area (Å²) in [6.07, 6.45) is 0.520. The maximum absolute atomic E-state index is 13.1. The summed E-state index contributed by atoms with van der Waals surface area (Å²) in [7, 11) is 6.20. The predicted octanol–water partition coefficient (Wildman–Crippen LogP) is 3.86. The van der Waals surface area contributed by atoms with E-state index in [-0.39, 0.29) is 26.1 Å². The molecule has 0 N–H and O–H groups in total. The van der Waals surface area contributed by atoms with E-state index in [9.17, 15) is 9.59 Å². The molecule has 0 saturated carbocycles. The molecular weight excluding hydrogens is 440 g/mol. The summed E-state index contributed by atoms with van der Waals surface area (Å²) >= 11 is 0. The van der Waals surface area contributed by atoms with Crippen LogP contribution in [0.2, 0.25) is 0 Å². The van der Waals surface area contributed by atoms with Crippen molar-refractivity contribution < 1.29 is 38.0 Å². The first-order chi connectivity index (χ1) is 16.4. The van der Waals surface area contributed by atoms with Crippen molar-refractivity contribution in [1.29, 1.82) is 0 Å². The summed E-state index contributed by atoms with van der Waals surface area (Å²) in [6, 6.07) is 10.8. The first-order valence-corrected chi connectivity index (χ1v) is 11.2. The fourth-order valence-electron chi connectivity index (χ4n) is 3.80. The minimum atomic E-state index is -0.773. The van der Waals surface area contributed by atoms with Gasteiger partial charge in [0.15, 0.2) is 23.0 Å². The van der Waals surface area contributed by atoms with Crippen LogP contribution in [0.1, 0.15) is 25.0 Å². The van der Waals surface area contributed by atoms with Gasteiger partial charge in [0, 0.05) is 0 Å². The molecule has 34 heavy (non-hydrogen) atoms. The van der Waals surface area contributed by atoms with E-state index in [0.29, 0.717) is 23.0 Å². The third kappa shape index (κ3) is 6.79. The van der Waals surface area contributed by atoms with Gasteiger partial charge in [-0.2, -0.15) is 0 Å². The quantitative estimate of drug-likeness (QED) is 0.404. The molecule has 2 atom stereocenters. The van der Waals surface area contributed by atoms with Gasteiger partial charge in [-0.05, 0) is 62.1 Å². The van der Waals surface area contributed by atoms with Crippen molar-refractivity contribution in [2.24, 2.45) is 11.8 Å². The molecule has 0 radical (unpaired) electrons. The van der Waals surface area contributed by atoms with Gasteiger partial charge < -0.3 is 28.4 Å². The summed E-state index contributed by atoms with van der Waals surface area (Å²) in [5, 5.41) is 0. The third-order valence-electron chi connectivity index (χ3n) is 5.47. The average Bonchev–Trinajstić information content (AvgIpc) is 2.85. The highest BCUT2D eigenvalue weighted by atomic mass is 16.5. The van der Waals surface area contributed by atoms with Crippen LogP contribution in [0.4, 0.5) is 0 Å². The van der Waals surface area contributed by atoms with Crippen molar-refractivity contribution in [2.45, 2.75) is 26.7 Å². The number of hydrogen-bond donors (Lipinski definition) is 0. The number of carbonyl (C=O) groups excluding carboxylic acids is 2. The summed E-state index contributed by atoms with van der Waals surface area (Å²) in [4.78, 5) is 26.1. The Balaban J connectivity index is 2.46. The Morgan fingerprint density at radius 1 is 0.618 bits per heavy atom. The number of carbonyl (C=O) groups is 2. The fraction of sp³-hybridized carbons (Fsp3) is 0.462. The normalized spacial score (nSPS) is 12.3. The molecule has 0 spiro atoms. The topological polar surface area (TPSA) is 89.5 Å². The van der Waals surface area contributed by atoms with Gasteiger partial charge in [0.2, 0.25) is 0 Å². The van der Waals surface area contributed by atoms with E-state index in [1.54, 1.807) is 66.6 Å². The van der Waals surface area contributed by atoms with Crippen molar-refractivity contribution in [3.8, 4) is 23.0 Å². The lowest BCUT2D eigenvalue weighted by Crippen LogP contribution is -2.35. The predicted molar refractivity (Wildman–Crippen MR) is 127 cm³/mol. The number of ether oxygens (including phenoxy) is 6. The Bertz CT molecular complexity index is 878. The maximum atomic E-state index is 13.1. The number of hydrogen-bond acceptors (Lipinski definition) is 8. The molecule has 2 aromatic rings. The second-order valence-corrected chi connectivity index (χ2v) is 7.50. The first-order valence-electron chi connectivity index (χ1n) is 11.2. The molecule has 0 aromatic heterocycles. The van der Waals surface area contributed by atoms with Crippen LogP contribution in [-0.2, 0) is 31.9 Å². The smallest absolute Gasteiger partial charge is 0.310 e. The molecule has 0 saturated heterocycles. The Hall–Kier alpha value is -3.42. The Morgan fingerprint density at radius 2 is 0.971 bits per heavy atom. The largest absolute Gasteiger partial charge is 0.493 e. The molecule has 8 heteroatoms. The van der Waals surface area contributed by atoms with Crippen molar-refractivity contribution in [1.82, 2.24) is 0 Å². The van der Waals surface area contributed by atoms with E-state index in [0.717, 1.165) is 11.1 Å². The zero-order valence-corrected chi connectivity index (χ0v) is 20.7. The van der Waals surface area contributed by atoms with Gasteiger partial charge in [-0.25, -0.2) is 0 Å². The van der Waals surface area contributed by atoms with Gasteiger partial charge in [-0.15, -0.1) is 0 Å². The van der Waals surface area contributed by atoms with Gasteiger partial charge in [0.1, 0.15) is 0 Å². The monoisotopic (exact) mass is 474 g/mol. The van der Waals surface area contributed by atoms with Crippen LogP contribution in [0.15, 0.2) is 36.4 Å². The van der Waals surface area contributed by atoms with E-state index in [4.69, 9.17) is 28.4 Å². The molecule has 2 rings (SSSR count). The summed E-state index contributed by atoms with van der Waals surface area (Å²) in [5.74, 6) is -0.246. The van der Waals surface area contributed by atoms with Crippen molar-refractivity contribution in [3.63, 3.8) is 0 Å². The second-order valence-electron chi connectivity index (χ2n) is 7.50. The minimum absolute atomic E-state index is 0.202. The van der Waals surface area contributed by atoms with Crippen LogP contribution in [-0.4, -0.2) is 53.6 Å². The van der Waals surface area contributed by atoms with Crippen LogP contribution < -0.4 is 18.9 Å². The lowest BCUT2D eigenvalue weighted by molar-refractivity contribution is -0.160. The van der Waals surface area contributed by atoms with Crippen molar-refractivity contribution in [2.75, 3.05) is 41.7 Å². The number of rotatable bonds is 13. The molecule has 0 heterocycles. The highest BCUT2D eigenvalue weighted by Crippen LogP contribution is 2.33. The van der Waals surface area contributed by atoms with E-state index in [1.165, 1.54) is 0 Å². The molecule has 0 aliphatic carbocycles.